The van der Waals surface area contributed by atoms with E-state index in [9.17, 15) is 14.4 Å². The van der Waals surface area contributed by atoms with Gasteiger partial charge in [0, 0.05) is 32.7 Å². The molecule has 2 heterocycles. The Morgan fingerprint density at radius 2 is 1.77 bits per heavy atom. The van der Waals surface area contributed by atoms with Gasteiger partial charge in [0.2, 0.25) is 17.7 Å². The standard InChI is InChI=1S/C26H32BrN5O3/c1-2-24(33)28-14-7-6-11-21(29-25(34)19-20-9-4-3-5-10-20)26(35)32-17-15-31(16-18-32)23-13-8-12-22(27)30-23/h2-5,8-10,12-13,21H,1,6-7,11,14-19H2,(H,28,33)(H,29,34). The first-order valence-electron chi connectivity index (χ1n) is 11.9. The fourth-order valence-corrected chi connectivity index (χ4v) is 4.33. The van der Waals surface area contributed by atoms with Crippen LogP contribution in [0, 0.1) is 0 Å². The highest BCUT2D eigenvalue weighted by atomic mass is 79.9. The molecule has 1 aliphatic rings. The second-order valence-electron chi connectivity index (χ2n) is 8.40. The maximum absolute atomic E-state index is 13.4. The van der Waals surface area contributed by atoms with E-state index in [4.69, 9.17) is 0 Å². The number of halogens is 1. The van der Waals surface area contributed by atoms with Crippen LogP contribution in [0.5, 0.6) is 0 Å². The largest absolute Gasteiger partial charge is 0.353 e. The fourth-order valence-electron chi connectivity index (χ4n) is 3.99. The van der Waals surface area contributed by atoms with Crippen molar-refractivity contribution < 1.29 is 14.4 Å². The van der Waals surface area contributed by atoms with Gasteiger partial charge in [-0.1, -0.05) is 43.0 Å². The first-order chi connectivity index (χ1) is 17.0. The third-order valence-electron chi connectivity index (χ3n) is 5.86. The van der Waals surface area contributed by atoms with E-state index in [2.05, 4.69) is 43.0 Å². The third-order valence-corrected chi connectivity index (χ3v) is 6.30. The SMILES string of the molecule is C=CC(=O)NCCCCC(NC(=O)Cc1ccccc1)C(=O)N1CCN(c2cccc(Br)n2)CC1. The lowest BCUT2D eigenvalue weighted by Crippen LogP contribution is -2.55. The maximum atomic E-state index is 13.4. The summed E-state index contributed by atoms with van der Waals surface area (Å²) in [5, 5.41) is 5.70. The molecular weight excluding hydrogens is 510 g/mol. The van der Waals surface area contributed by atoms with Crippen LogP contribution in [0.25, 0.3) is 0 Å². The number of pyridine rings is 1. The highest BCUT2D eigenvalue weighted by molar-refractivity contribution is 9.10. The summed E-state index contributed by atoms with van der Waals surface area (Å²) in [5.74, 6) is 0.419. The zero-order valence-corrected chi connectivity index (χ0v) is 21.4. The quantitative estimate of drug-likeness (QED) is 0.259. The van der Waals surface area contributed by atoms with Gasteiger partial charge in [0.15, 0.2) is 0 Å². The van der Waals surface area contributed by atoms with E-state index < -0.39 is 6.04 Å². The van der Waals surface area contributed by atoms with Gasteiger partial charge in [-0.25, -0.2) is 4.98 Å². The summed E-state index contributed by atoms with van der Waals surface area (Å²) in [6, 6.07) is 14.7. The Balaban J connectivity index is 1.57. The van der Waals surface area contributed by atoms with Gasteiger partial charge < -0.3 is 20.4 Å². The van der Waals surface area contributed by atoms with Crippen LogP contribution in [0.15, 0.2) is 65.8 Å². The number of carbonyl (C=O) groups excluding carboxylic acids is 3. The van der Waals surface area contributed by atoms with E-state index in [0.29, 0.717) is 52.0 Å². The molecule has 8 nitrogen and oxygen atoms in total. The maximum Gasteiger partial charge on any atom is 0.245 e. The van der Waals surface area contributed by atoms with Crippen molar-refractivity contribution in [1.82, 2.24) is 20.5 Å². The van der Waals surface area contributed by atoms with Crippen LogP contribution in [0.3, 0.4) is 0 Å². The molecule has 1 saturated heterocycles. The van der Waals surface area contributed by atoms with Gasteiger partial charge >= 0.3 is 0 Å². The van der Waals surface area contributed by atoms with Crippen molar-refractivity contribution in [2.75, 3.05) is 37.6 Å². The number of amides is 3. The Bertz CT molecular complexity index is 1010. The molecule has 0 aliphatic carbocycles. The molecule has 0 radical (unpaired) electrons. The van der Waals surface area contributed by atoms with Crippen molar-refractivity contribution in [3.8, 4) is 0 Å². The molecule has 0 spiro atoms. The van der Waals surface area contributed by atoms with Crippen LogP contribution in [0.4, 0.5) is 5.82 Å². The summed E-state index contributed by atoms with van der Waals surface area (Å²) in [6.45, 7) is 6.42. The smallest absolute Gasteiger partial charge is 0.245 e. The molecule has 0 bridgehead atoms. The topological polar surface area (TPSA) is 94.6 Å². The third kappa shape index (κ3) is 8.51. The van der Waals surface area contributed by atoms with Crippen LogP contribution < -0.4 is 15.5 Å². The molecule has 186 valence electrons. The molecule has 0 saturated carbocycles. The normalized spacial score (nSPS) is 14.2. The van der Waals surface area contributed by atoms with Gasteiger partial charge in [0.25, 0.3) is 0 Å². The molecule has 35 heavy (non-hydrogen) atoms. The molecule has 1 fully saturated rings. The molecule has 2 N–H and O–H groups in total. The van der Waals surface area contributed by atoms with Crippen molar-refractivity contribution in [2.24, 2.45) is 0 Å². The number of nitrogens with one attached hydrogen (secondary N) is 2. The van der Waals surface area contributed by atoms with E-state index in [1.165, 1.54) is 6.08 Å². The number of aromatic nitrogens is 1. The van der Waals surface area contributed by atoms with E-state index >= 15 is 0 Å². The lowest BCUT2D eigenvalue weighted by molar-refractivity contribution is -0.136. The van der Waals surface area contributed by atoms with Crippen LogP contribution in [-0.2, 0) is 20.8 Å². The van der Waals surface area contributed by atoms with Crippen molar-refractivity contribution in [3.63, 3.8) is 0 Å². The Morgan fingerprint density at radius 3 is 2.46 bits per heavy atom. The summed E-state index contributed by atoms with van der Waals surface area (Å²) in [7, 11) is 0. The summed E-state index contributed by atoms with van der Waals surface area (Å²) >= 11 is 3.41. The summed E-state index contributed by atoms with van der Waals surface area (Å²) < 4.78 is 0.777. The Hall–Kier alpha value is -3.20. The van der Waals surface area contributed by atoms with Crippen LogP contribution in [0.2, 0.25) is 0 Å². The van der Waals surface area contributed by atoms with Gasteiger partial charge in [0.05, 0.1) is 6.42 Å². The molecule has 1 aromatic heterocycles. The molecule has 1 unspecified atom stereocenters. The van der Waals surface area contributed by atoms with E-state index in [0.717, 1.165) is 16.0 Å². The van der Waals surface area contributed by atoms with Gasteiger partial charge in [-0.2, -0.15) is 0 Å². The average Bonchev–Trinajstić information content (AvgIpc) is 2.88. The minimum Gasteiger partial charge on any atom is -0.353 e. The Labute approximate surface area is 214 Å². The monoisotopic (exact) mass is 541 g/mol. The second-order valence-corrected chi connectivity index (χ2v) is 9.22. The predicted octanol–water partition coefficient (Wildman–Crippen LogP) is 2.69. The number of nitrogens with zero attached hydrogens (tertiary/aromatic N) is 3. The highest BCUT2D eigenvalue weighted by Gasteiger charge is 2.28. The van der Waals surface area contributed by atoms with E-state index in [-0.39, 0.29) is 24.1 Å². The summed E-state index contributed by atoms with van der Waals surface area (Å²) in [6.07, 6.45) is 3.38. The number of rotatable bonds is 11. The minimum absolute atomic E-state index is 0.0663. The highest BCUT2D eigenvalue weighted by Crippen LogP contribution is 2.17. The zero-order valence-electron chi connectivity index (χ0n) is 19.8. The first-order valence-corrected chi connectivity index (χ1v) is 12.7. The van der Waals surface area contributed by atoms with Gasteiger partial charge in [-0.15, -0.1) is 0 Å². The van der Waals surface area contributed by atoms with Crippen molar-refractivity contribution in [2.45, 2.75) is 31.7 Å². The fraction of sp³-hybridized carbons (Fsp3) is 0.385. The molecular formula is C26H32BrN5O3. The minimum atomic E-state index is -0.600. The summed E-state index contributed by atoms with van der Waals surface area (Å²) in [4.78, 5) is 45.9. The Kier molecular flexibility index (Phi) is 10.3. The number of unbranched alkanes of at least 4 members (excludes halogenated alkanes) is 1. The molecule has 3 rings (SSSR count). The van der Waals surface area contributed by atoms with Crippen LogP contribution in [0.1, 0.15) is 24.8 Å². The second kappa shape index (κ2) is 13.6. The first kappa shape index (κ1) is 26.4. The van der Waals surface area contributed by atoms with E-state index in [1.54, 1.807) is 0 Å². The van der Waals surface area contributed by atoms with Crippen LogP contribution in [-0.4, -0.2) is 66.4 Å². The Morgan fingerprint density at radius 1 is 1.03 bits per heavy atom. The zero-order chi connectivity index (χ0) is 25.0. The van der Waals surface area contributed by atoms with Crippen molar-refractivity contribution in [1.29, 1.82) is 0 Å². The molecule has 1 aromatic carbocycles. The van der Waals surface area contributed by atoms with Crippen molar-refractivity contribution in [3.05, 3.63) is 71.4 Å². The predicted molar refractivity (Wildman–Crippen MR) is 140 cm³/mol. The number of anilines is 1. The van der Waals surface area contributed by atoms with E-state index in [1.807, 2.05) is 53.4 Å². The molecule has 2 aromatic rings. The van der Waals surface area contributed by atoms with Gasteiger partial charge in [-0.3, -0.25) is 14.4 Å². The van der Waals surface area contributed by atoms with Crippen LogP contribution >= 0.6 is 15.9 Å². The lowest BCUT2D eigenvalue weighted by Gasteiger charge is -2.37. The number of carbonyl (C=O) groups is 3. The lowest BCUT2D eigenvalue weighted by atomic mass is 10.1. The van der Waals surface area contributed by atoms with Crippen molar-refractivity contribution >= 4 is 39.5 Å². The average molecular weight is 542 g/mol. The molecule has 9 heteroatoms. The molecule has 1 atom stereocenters. The molecule has 3 amide bonds. The van der Waals surface area contributed by atoms with Gasteiger partial charge in [-0.05, 0) is 59.0 Å². The number of benzene rings is 1. The number of hydrogen-bond acceptors (Lipinski definition) is 5. The number of hydrogen-bond donors (Lipinski definition) is 2. The summed E-state index contributed by atoms with van der Waals surface area (Å²) in [5.41, 5.74) is 0.901. The number of piperazine rings is 1. The van der Waals surface area contributed by atoms with Gasteiger partial charge in [0.1, 0.15) is 16.5 Å². The molecule has 1 aliphatic heterocycles.